The van der Waals surface area contributed by atoms with E-state index < -0.39 is 0 Å². The molecule has 1 aromatic carbocycles. The van der Waals surface area contributed by atoms with Crippen molar-refractivity contribution in [2.45, 2.75) is 39.2 Å². The topological polar surface area (TPSA) is 29.5 Å². The van der Waals surface area contributed by atoms with Crippen LogP contribution in [-0.4, -0.2) is 18.8 Å². The lowest BCUT2D eigenvalue weighted by Gasteiger charge is -2.12. The van der Waals surface area contributed by atoms with Gasteiger partial charge in [0.25, 0.3) is 0 Å². The average molecular weight is 236 g/mol. The summed E-state index contributed by atoms with van der Waals surface area (Å²) in [5.41, 5.74) is 2.35. The Hall–Kier alpha value is -0.860. The minimum Gasteiger partial charge on any atom is -0.388 e. The van der Waals surface area contributed by atoms with E-state index in [1.165, 1.54) is 5.56 Å². The van der Waals surface area contributed by atoms with Crippen LogP contribution in [0.2, 0.25) is 0 Å². The Kier molecular flexibility index (Phi) is 6.23. The third-order valence-electron chi connectivity index (χ3n) is 2.83. The fourth-order valence-electron chi connectivity index (χ4n) is 1.93. The summed E-state index contributed by atoms with van der Waals surface area (Å²) in [6.07, 6.45) is 2.39. The van der Waals surface area contributed by atoms with Crippen molar-refractivity contribution in [2.24, 2.45) is 5.92 Å². The largest absolute Gasteiger partial charge is 0.388 e. The van der Waals surface area contributed by atoms with Crippen molar-refractivity contribution in [1.29, 1.82) is 0 Å². The molecule has 1 unspecified atom stereocenters. The molecule has 2 heteroatoms. The Morgan fingerprint density at radius 3 is 2.35 bits per heavy atom. The second-order valence-corrected chi connectivity index (χ2v) is 4.99. The van der Waals surface area contributed by atoms with Crippen LogP contribution in [-0.2, 0) is 11.2 Å². The molecule has 1 aromatic rings. The van der Waals surface area contributed by atoms with E-state index in [1.54, 1.807) is 7.11 Å². The number of methoxy groups -OCH3 is 1. The van der Waals surface area contributed by atoms with Crippen molar-refractivity contribution in [3.63, 3.8) is 0 Å². The lowest BCUT2D eigenvalue weighted by Crippen LogP contribution is -2.01. The van der Waals surface area contributed by atoms with E-state index in [0.717, 1.165) is 24.8 Å². The van der Waals surface area contributed by atoms with E-state index in [1.807, 2.05) is 12.1 Å². The van der Waals surface area contributed by atoms with Crippen LogP contribution in [0.4, 0.5) is 0 Å². The third-order valence-corrected chi connectivity index (χ3v) is 2.83. The maximum atomic E-state index is 9.96. The number of hydrogen-bond acceptors (Lipinski definition) is 2. The Labute approximate surface area is 105 Å². The molecule has 0 aliphatic rings. The zero-order valence-corrected chi connectivity index (χ0v) is 11.1. The molecule has 0 bridgehead atoms. The minimum absolute atomic E-state index is 0.363. The molecular formula is C15H24O2. The first-order chi connectivity index (χ1) is 8.13. The van der Waals surface area contributed by atoms with Gasteiger partial charge in [-0.2, -0.15) is 0 Å². The van der Waals surface area contributed by atoms with Crippen LogP contribution in [0, 0.1) is 5.92 Å². The summed E-state index contributed by atoms with van der Waals surface area (Å²) in [5.74, 6) is 0.674. The minimum atomic E-state index is -0.363. The van der Waals surface area contributed by atoms with Crippen molar-refractivity contribution in [3.05, 3.63) is 35.4 Å². The molecule has 0 spiro atoms. The fourth-order valence-corrected chi connectivity index (χ4v) is 1.93. The smallest absolute Gasteiger partial charge is 0.0790 e. The summed E-state index contributed by atoms with van der Waals surface area (Å²) in [6, 6.07) is 8.31. The van der Waals surface area contributed by atoms with Gasteiger partial charge >= 0.3 is 0 Å². The fraction of sp³-hybridized carbons (Fsp3) is 0.600. The maximum Gasteiger partial charge on any atom is 0.0790 e. The number of rotatable bonds is 7. The van der Waals surface area contributed by atoms with Gasteiger partial charge in [-0.15, -0.1) is 0 Å². The first-order valence-electron chi connectivity index (χ1n) is 6.39. The van der Waals surface area contributed by atoms with Crippen LogP contribution in [0.5, 0.6) is 0 Å². The molecule has 0 aliphatic heterocycles. The van der Waals surface area contributed by atoms with E-state index in [2.05, 4.69) is 26.0 Å². The molecule has 0 aromatic heterocycles. The third kappa shape index (κ3) is 5.33. The predicted octanol–water partition coefficient (Wildman–Crippen LogP) is 3.35. The Bertz CT molecular complexity index is 303. The molecule has 17 heavy (non-hydrogen) atoms. The molecule has 1 N–H and O–H groups in total. The maximum absolute atomic E-state index is 9.96. The molecule has 0 saturated heterocycles. The first-order valence-corrected chi connectivity index (χ1v) is 6.39. The quantitative estimate of drug-likeness (QED) is 0.736. The normalized spacial score (nSPS) is 13.0. The number of hydrogen-bond donors (Lipinski definition) is 1. The molecule has 96 valence electrons. The molecule has 0 fully saturated rings. The van der Waals surface area contributed by atoms with Crippen LogP contribution in [0.3, 0.4) is 0 Å². The van der Waals surface area contributed by atoms with Gasteiger partial charge in [0.1, 0.15) is 0 Å². The highest BCUT2D eigenvalue weighted by molar-refractivity contribution is 5.24. The van der Waals surface area contributed by atoms with Crippen LogP contribution >= 0.6 is 0 Å². The van der Waals surface area contributed by atoms with Crippen LogP contribution in [0.15, 0.2) is 24.3 Å². The van der Waals surface area contributed by atoms with Gasteiger partial charge in [-0.05, 0) is 36.3 Å². The molecule has 1 rings (SSSR count). The lowest BCUT2D eigenvalue weighted by molar-refractivity contribution is 0.136. The molecule has 1 atom stereocenters. The van der Waals surface area contributed by atoms with Crippen molar-refractivity contribution in [3.8, 4) is 0 Å². The van der Waals surface area contributed by atoms with Crippen LogP contribution in [0.1, 0.15) is 43.9 Å². The van der Waals surface area contributed by atoms with Gasteiger partial charge in [0.05, 0.1) is 6.10 Å². The molecule has 0 aliphatic carbocycles. The number of aliphatic hydroxyl groups is 1. The van der Waals surface area contributed by atoms with E-state index in [0.29, 0.717) is 12.5 Å². The SMILES string of the molecule is COCCCC(O)c1ccc(CC(C)C)cc1. The second-order valence-electron chi connectivity index (χ2n) is 4.99. The van der Waals surface area contributed by atoms with Gasteiger partial charge in [0.2, 0.25) is 0 Å². The summed E-state index contributed by atoms with van der Waals surface area (Å²) in [7, 11) is 1.69. The molecule has 2 nitrogen and oxygen atoms in total. The van der Waals surface area contributed by atoms with E-state index >= 15 is 0 Å². The molecular weight excluding hydrogens is 212 g/mol. The predicted molar refractivity (Wildman–Crippen MR) is 71.1 cm³/mol. The Morgan fingerprint density at radius 2 is 1.82 bits per heavy atom. The van der Waals surface area contributed by atoms with Crippen molar-refractivity contribution in [2.75, 3.05) is 13.7 Å². The first kappa shape index (κ1) is 14.2. The van der Waals surface area contributed by atoms with E-state index in [-0.39, 0.29) is 6.10 Å². The highest BCUT2D eigenvalue weighted by atomic mass is 16.5. The van der Waals surface area contributed by atoms with Crippen molar-refractivity contribution < 1.29 is 9.84 Å². The number of aliphatic hydroxyl groups excluding tert-OH is 1. The molecule has 0 heterocycles. The standard InChI is InChI=1S/C15H24O2/c1-12(2)11-13-6-8-14(9-7-13)15(16)5-4-10-17-3/h6-9,12,15-16H,4-5,10-11H2,1-3H3. The van der Waals surface area contributed by atoms with E-state index in [4.69, 9.17) is 4.74 Å². The van der Waals surface area contributed by atoms with E-state index in [9.17, 15) is 5.11 Å². The van der Waals surface area contributed by atoms with Gasteiger partial charge in [-0.25, -0.2) is 0 Å². The molecule has 0 saturated carbocycles. The average Bonchev–Trinajstić information content (AvgIpc) is 2.29. The number of benzene rings is 1. The van der Waals surface area contributed by atoms with Gasteiger partial charge in [-0.1, -0.05) is 38.1 Å². The van der Waals surface area contributed by atoms with Crippen molar-refractivity contribution >= 4 is 0 Å². The molecule has 0 radical (unpaired) electrons. The Balaban J connectivity index is 2.48. The summed E-state index contributed by atoms with van der Waals surface area (Å²) in [5, 5.41) is 9.96. The zero-order valence-electron chi connectivity index (χ0n) is 11.1. The zero-order chi connectivity index (χ0) is 12.7. The summed E-state index contributed by atoms with van der Waals surface area (Å²) < 4.78 is 4.98. The van der Waals surface area contributed by atoms with Crippen LogP contribution in [0.25, 0.3) is 0 Å². The van der Waals surface area contributed by atoms with Crippen LogP contribution < -0.4 is 0 Å². The van der Waals surface area contributed by atoms with Gasteiger partial charge in [-0.3, -0.25) is 0 Å². The molecule has 0 amide bonds. The van der Waals surface area contributed by atoms with Gasteiger partial charge in [0.15, 0.2) is 0 Å². The summed E-state index contributed by atoms with van der Waals surface area (Å²) in [4.78, 5) is 0. The highest BCUT2D eigenvalue weighted by Crippen LogP contribution is 2.19. The Morgan fingerprint density at radius 1 is 1.18 bits per heavy atom. The highest BCUT2D eigenvalue weighted by Gasteiger charge is 2.07. The summed E-state index contributed by atoms with van der Waals surface area (Å²) in [6.45, 7) is 5.14. The lowest BCUT2D eigenvalue weighted by atomic mass is 9.99. The van der Waals surface area contributed by atoms with Gasteiger partial charge in [0, 0.05) is 13.7 Å². The number of ether oxygens (including phenoxy) is 1. The second kappa shape index (κ2) is 7.46. The van der Waals surface area contributed by atoms with Gasteiger partial charge < -0.3 is 9.84 Å². The summed E-state index contributed by atoms with van der Waals surface area (Å²) >= 11 is 0. The monoisotopic (exact) mass is 236 g/mol. The van der Waals surface area contributed by atoms with Crippen molar-refractivity contribution in [1.82, 2.24) is 0 Å².